The zero-order valence-corrected chi connectivity index (χ0v) is 12.7. The monoisotopic (exact) mass is 324 g/mol. The summed E-state index contributed by atoms with van der Waals surface area (Å²) in [7, 11) is 0. The van der Waals surface area contributed by atoms with E-state index >= 15 is 0 Å². The summed E-state index contributed by atoms with van der Waals surface area (Å²) in [6.45, 7) is 4.09. The van der Waals surface area contributed by atoms with E-state index in [-0.39, 0.29) is 0 Å². The molecule has 0 saturated carbocycles. The van der Waals surface area contributed by atoms with Gasteiger partial charge in [-0.05, 0) is 54.8 Å². The van der Waals surface area contributed by atoms with Crippen molar-refractivity contribution in [1.29, 1.82) is 0 Å². The Morgan fingerprint density at radius 3 is 2.56 bits per heavy atom. The van der Waals surface area contributed by atoms with Crippen molar-refractivity contribution in [2.45, 2.75) is 19.2 Å². The van der Waals surface area contributed by atoms with Gasteiger partial charge in [-0.3, -0.25) is 0 Å². The van der Waals surface area contributed by atoms with Gasteiger partial charge in [-0.2, -0.15) is 0 Å². The van der Waals surface area contributed by atoms with Crippen molar-refractivity contribution >= 4 is 27.5 Å². The minimum absolute atomic E-state index is 0.628. The van der Waals surface area contributed by atoms with Crippen LogP contribution in [0, 0.1) is 13.8 Å². The summed E-state index contributed by atoms with van der Waals surface area (Å²) in [6, 6.07) is 11.8. The Bertz CT molecular complexity index is 566. The van der Waals surface area contributed by atoms with Gasteiger partial charge in [0.2, 0.25) is 0 Å². The van der Waals surface area contributed by atoms with Gasteiger partial charge in [0.1, 0.15) is 11.5 Å². The molecule has 0 fully saturated rings. The topological polar surface area (TPSA) is 9.23 Å². The van der Waals surface area contributed by atoms with Gasteiger partial charge in [-0.1, -0.05) is 39.7 Å². The number of hydrogen-bond acceptors (Lipinski definition) is 1. The summed E-state index contributed by atoms with van der Waals surface area (Å²) in [5.74, 6) is 1.51. The first-order valence-electron chi connectivity index (χ1n) is 5.69. The summed E-state index contributed by atoms with van der Waals surface area (Å²) >= 11 is 9.57. The molecule has 3 heteroatoms. The predicted octanol–water partition coefficient (Wildman–Crippen LogP) is 5.64. The number of halogens is 2. The van der Waals surface area contributed by atoms with Gasteiger partial charge < -0.3 is 4.74 Å². The van der Waals surface area contributed by atoms with Crippen LogP contribution in [0.15, 0.2) is 36.4 Å². The second kappa shape index (κ2) is 5.77. The average Bonchev–Trinajstić information content (AvgIpc) is 2.34. The van der Waals surface area contributed by atoms with Crippen LogP contribution < -0.4 is 4.74 Å². The molecule has 0 aromatic heterocycles. The molecule has 0 aliphatic heterocycles. The van der Waals surface area contributed by atoms with E-state index in [1.807, 2.05) is 37.3 Å². The largest absolute Gasteiger partial charge is 0.456 e. The van der Waals surface area contributed by atoms with E-state index in [1.165, 1.54) is 11.1 Å². The molecule has 0 heterocycles. The lowest BCUT2D eigenvalue weighted by Gasteiger charge is -2.10. The highest BCUT2D eigenvalue weighted by atomic mass is 79.9. The maximum Gasteiger partial charge on any atom is 0.146 e. The molecule has 0 bridgehead atoms. The Balaban J connectivity index is 2.28. The molecule has 2 aromatic rings. The summed E-state index contributed by atoms with van der Waals surface area (Å²) in [6.07, 6.45) is 0. The fourth-order valence-corrected chi connectivity index (χ4v) is 2.48. The lowest BCUT2D eigenvalue weighted by Crippen LogP contribution is -1.89. The lowest BCUT2D eigenvalue weighted by molar-refractivity contribution is 0.482. The van der Waals surface area contributed by atoms with Crippen LogP contribution in [0.25, 0.3) is 0 Å². The van der Waals surface area contributed by atoms with Crippen molar-refractivity contribution in [3.05, 3.63) is 58.1 Å². The molecule has 0 N–H and O–H groups in total. The molecule has 0 spiro atoms. The number of aryl methyl sites for hydroxylation is 2. The molecule has 2 rings (SSSR count). The minimum Gasteiger partial charge on any atom is -0.456 e. The third kappa shape index (κ3) is 3.06. The van der Waals surface area contributed by atoms with Crippen molar-refractivity contribution in [1.82, 2.24) is 0 Å². The smallest absolute Gasteiger partial charge is 0.146 e. The predicted molar refractivity (Wildman–Crippen MR) is 80.1 cm³/mol. The Kier molecular flexibility index (Phi) is 4.31. The van der Waals surface area contributed by atoms with E-state index < -0.39 is 0 Å². The van der Waals surface area contributed by atoms with Crippen LogP contribution in [0.3, 0.4) is 0 Å². The standard InChI is InChI=1S/C15H14BrClO/c1-10-3-6-14(17)15(7-10)18-13-5-4-12(9-16)11(2)8-13/h3-8H,9H2,1-2H3. The van der Waals surface area contributed by atoms with Crippen molar-refractivity contribution in [2.75, 3.05) is 0 Å². The van der Waals surface area contributed by atoms with Crippen molar-refractivity contribution in [3.8, 4) is 11.5 Å². The maximum atomic E-state index is 6.11. The number of ether oxygens (including phenoxy) is 1. The average molecular weight is 326 g/mol. The van der Waals surface area contributed by atoms with E-state index in [9.17, 15) is 0 Å². The molecule has 2 aromatic carbocycles. The van der Waals surface area contributed by atoms with Crippen LogP contribution in [-0.2, 0) is 5.33 Å². The normalized spacial score (nSPS) is 10.4. The van der Waals surface area contributed by atoms with E-state index in [1.54, 1.807) is 0 Å². The molecular formula is C15H14BrClO. The first kappa shape index (κ1) is 13.4. The quantitative estimate of drug-likeness (QED) is 0.663. The second-order valence-corrected chi connectivity index (χ2v) is 5.23. The van der Waals surface area contributed by atoms with E-state index in [4.69, 9.17) is 16.3 Å². The van der Waals surface area contributed by atoms with Crippen LogP contribution in [0.4, 0.5) is 0 Å². The summed E-state index contributed by atoms with van der Waals surface area (Å²) in [4.78, 5) is 0. The molecule has 0 amide bonds. The molecular weight excluding hydrogens is 312 g/mol. The van der Waals surface area contributed by atoms with Gasteiger partial charge in [0.05, 0.1) is 5.02 Å². The molecule has 0 saturated heterocycles. The van der Waals surface area contributed by atoms with E-state index in [0.29, 0.717) is 10.8 Å². The van der Waals surface area contributed by atoms with Crippen LogP contribution in [-0.4, -0.2) is 0 Å². The summed E-state index contributed by atoms with van der Waals surface area (Å²) in [5.41, 5.74) is 3.59. The van der Waals surface area contributed by atoms with E-state index in [2.05, 4.69) is 28.9 Å². The fraction of sp³-hybridized carbons (Fsp3) is 0.200. The van der Waals surface area contributed by atoms with Gasteiger partial charge in [-0.15, -0.1) is 0 Å². The molecule has 18 heavy (non-hydrogen) atoms. The highest BCUT2D eigenvalue weighted by Crippen LogP contribution is 2.31. The summed E-state index contributed by atoms with van der Waals surface area (Å²) in [5, 5.41) is 1.48. The second-order valence-electron chi connectivity index (χ2n) is 4.26. The van der Waals surface area contributed by atoms with Gasteiger partial charge in [0.25, 0.3) is 0 Å². The zero-order valence-electron chi connectivity index (χ0n) is 10.3. The molecule has 0 aliphatic rings. The molecule has 94 valence electrons. The first-order valence-corrected chi connectivity index (χ1v) is 7.19. The first-order chi connectivity index (χ1) is 8.60. The highest BCUT2D eigenvalue weighted by molar-refractivity contribution is 9.08. The Morgan fingerprint density at radius 1 is 1.11 bits per heavy atom. The van der Waals surface area contributed by atoms with Crippen molar-refractivity contribution < 1.29 is 4.74 Å². The van der Waals surface area contributed by atoms with Gasteiger partial charge in [0.15, 0.2) is 0 Å². The lowest BCUT2D eigenvalue weighted by atomic mass is 10.1. The third-order valence-electron chi connectivity index (χ3n) is 2.77. The molecule has 0 atom stereocenters. The molecule has 0 unspecified atom stereocenters. The van der Waals surface area contributed by atoms with Crippen molar-refractivity contribution in [3.63, 3.8) is 0 Å². The highest BCUT2D eigenvalue weighted by Gasteiger charge is 2.05. The molecule has 0 aliphatic carbocycles. The Labute approximate surface area is 121 Å². The van der Waals surface area contributed by atoms with Crippen LogP contribution >= 0.6 is 27.5 Å². The minimum atomic E-state index is 0.628. The Morgan fingerprint density at radius 2 is 1.89 bits per heavy atom. The van der Waals surface area contributed by atoms with E-state index in [0.717, 1.165) is 16.6 Å². The third-order valence-corrected chi connectivity index (χ3v) is 3.69. The van der Waals surface area contributed by atoms with Crippen LogP contribution in [0.5, 0.6) is 11.5 Å². The van der Waals surface area contributed by atoms with Crippen LogP contribution in [0.2, 0.25) is 5.02 Å². The Hall–Kier alpha value is -0.990. The number of benzene rings is 2. The molecule has 0 radical (unpaired) electrons. The summed E-state index contributed by atoms with van der Waals surface area (Å²) < 4.78 is 5.82. The fourth-order valence-electron chi connectivity index (χ4n) is 1.70. The van der Waals surface area contributed by atoms with Gasteiger partial charge >= 0.3 is 0 Å². The molecule has 1 nitrogen and oxygen atoms in total. The number of alkyl halides is 1. The van der Waals surface area contributed by atoms with Gasteiger partial charge in [-0.25, -0.2) is 0 Å². The number of hydrogen-bond donors (Lipinski definition) is 0. The zero-order chi connectivity index (χ0) is 13.1. The van der Waals surface area contributed by atoms with Crippen molar-refractivity contribution in [2.24, 2.45) is 0 Å². The maximum absolute atomic E-state index is 6.11. The SMILES string of the molecule is Cc1ccc(Cl)c(Oc2ccc(CBr)c(C)c2)c1. The van der Waals surface area contributed by atoms with Crippen LogP contribution in [0.1, 0.15) is 16.7 Å². The number of rotatable bonds is 3. The van der Waals surface area contributed by atoms with Gasteiger partial charge in [0, 0.05) is 5.33 Å².